The number of aromatic hydroxyl groups is 1. The lowest BCUT2D eigenvalue weighted by atomic mass is 10.0. The van der Waals surface area contributed by atoms with Crippen molar-refractivity contribution in [2.24, 2.45) is 0 Å². The van der Waals surface area contributed by atoms with Crippen molar-refractivity contribution >= 4 is 5.91 Å². The maximum Gasteiger partial charge on any atom is 0.244 e. The van der Waals surface area contributed by atoms with Gasteiger partial charge in [-0.2, -0.15) is 0 Å². The lowest BCUT2D eigenvalue weighted by molar-refractivity contribution is -0.142. The molecule has 2 N–H and O–H groups in total. The molecule has 0 aliphatic carbocycles. The number of amides is 1. The van der Waals surface area contributed by atoms with E-state index >= 15 is 0 Å². The first-order valence-electron chi connectivity index (χ1n) is 8.28. The van der Waals surface area contributed by atoms with Gasteiger partial charge >= 0.3 is 0 Å². The number of rotatable bonds is 3. The first-order valence-corrected chi connectivity index (χ1v) is 8.28. The molecule has 2 fully saturated rings. The van der Waals surface area contributed by atoms with E-state index in [1.54, 1.807) is 18.2 Å². The average Bonchev–Trinajstić information content (AvgIpc) is 2.56. The molecule has 1 aromatic rings. The Kier molecular flexibility index (Phi) is 5.15. The molecule has 0 bridgehead atoms. The topological polar surface area (TPSA) is 65.0 Å². The number of carbonyl (C=O) groups is 1. The van der Waals surface area contributed by atoms with E-state index in [4.69, 9.17) is 4.74 Å². The van der Waals surface area contributed by atoms with Gasteiger partial charge in [0.15, 0.2) is 0 Å². The second-order valence-corrected chi connectivity index (χ2v) is 6.29. The molecular formula is C17H25N3O3. The number of hydrogen-bond acceptors (Lipinski definition) is 5. The molecular weight excluding hydrogens is 294 g/mol. The highest BCUT2D eigenvalue weighted by atomic mass is 16.5. The fraction of sp³-hybridized carbons (Fsp3) is 0.588. The van der Waals surface area contributed by atoms with E-state index in [0.29, 0.717) is 32.3 Å². The molecule has 0 radical (unpaired) electrons. The van der Waals surface area contributed by atoms with Crippen molar-refractivity contribution in [3.05, 3.63) is 29.8 Å². The van der Waals surface area contributed by atoms with Crippen LogP contribution in [0.1, 0.15) is 18.5 Å². The molecule has 3 rings (SSSR count). The van der Waals surface area contributed by atoms with Crippen LogP contribution < -0.4 is 5.32 Å². The van der Waals surface area contributed by atoms with Crippen molar-refractivity contribution in [1.29, 1.82) is 0 Å². The molecule has 0 saturated carbocycles. The molecule has 2 aliphatic heterocycles. The van der Waals surface area contributed by atoms with Gasteiger partial charge in [0.05, 0.1) is 13.2 Å². The van der Waals surface area contributed by atoms with Gasteiger partial charge in [0.2, 0.25) is 5.91 Å². The van der Waals surface area contributed by atoms with Gasteiger partial charge in [-0.05, 0) is 24.6 Å². The fourth-order valence-electron chi connectivity index (χ4n) is 3.36. The van der Waals surface area contributed by atoms with Gasteiger partial charge in [0, 0.05) is 38.8 Å². The van der Waals surface area contributed by atoms with Gasteiger partial charge in [-0.1, -0.05) is 12.1 Å². The Morgan fingerprint density at radius 2 is 2.13 bits per heavy atom. The van der Waals surface area contributed by atoms with Gasteiger partial charge in [0.1, 0.15) is 11.8 Å². The zero-order valence-electron chi connectivity index (χ0n) is 13.6. The van der Waals surface area contributed by atoms with Crippen molar-refractivity contribution in [3.8, 4) is 5.75 Å². The Labute approximate surface area is 137 Å². The number of nitrogens with one attached hydrogen (secondary N) is 1. The molecule has 2 aliphatic rings. The van der Waals surface area contributed by atoms with Crippen LogP contribution in [0.25, 0.3) is 0 Å². The first-order chi connectivity index (χ1) is 11.1. The summed E-state index contributed by atoms with van der Waals surface area (Å²) in [5, 5.41) is 13.2. The maximum atomic E-state index is 13.1. The van der Waals surface area contributed by atoms with Gasteiger partial charge in [-0.15, -0.1) is 0 Å². The minimum Gasteiger partial charge on any atom is -0.508 e. The summed E-state index contributed by atoms with van der Waals surface area (Å²) in [4.78, 5) is 17.2. The van der Waals surface area contributed by atoms with Crippen molar-refractivity contribution in [1.82, 2.24) is 15.1 Å². The molecule has 23 heavy (non-hydrogen) atoms. The number of phenols is 1. The quantitative estimate of drug-likeness (QED) is 0.853. The van der Waals surface area contributed by atoms with E-state index in [1.165, 1.54) is 0 Å². The average molecular weight is 319 g/mol. The molecule has 2 heterocycles. The summed E-state index contributed by atoms with van der Waals surface area (Å²) in [5.74, 6) is 0.304. The smallest absolute Gasteiger partial charge is 0.244 e. The third-order valence-corrected chi connectivity index (χ3v) is 4.51. The van der Waals surface area contributed by atoms with Gasteiger partial charge < -0.3 is 20.1 Å². The number of hydrogen-bond donors (Lipinski definition) is 2. The SMILES string of the molecule is CC1CN(C(C(=O)N2CCOCC2)c2cccc(O)c2)CCN1. The molecule has 6 nitrogen and oxygen atoms in total. The number of benzene rings is 1. The number of nitrogens with zero attached hydrogens (tertiary/aromatic N) is 2. The van der Waals surface area contributed by atoms with Crippen LogP contribution in [-0.2, 0) is 9.53 Å². The highest BCUT2D eigenvalue weighted by Crippen LogP contribution is 2.27. The third kappa shape index (κ3) is 3.83. The predicted octanol–water partition coefficient (Wildman–Crippen LogP) is 0.586. The number of piperazine rings is 1. The molecule has 2 unspecified atom stereocenters. The maximum absolute atomic E-state index is 13.1. The summed E-state index contributed by atoms with van der Waals surface area (Å²) >= 11 is 0. The Bertz CT molecular complexity index is 546. The lowest BCUT2D eigenvalue weighted by Crippen LogP contribution is -2.54. The van der Waals surface area contributed by atoms with Crippen molar-refractivity contribution in [3.63, 3.8) is 0 Å². The summed E-state index contributed by atoms with van der Waals surface area (Å²) in [7, 11) is 0. The van der Waals surface area contributed by atoms with Gasteiger partial charge in [-0.3, -0.25) is 9.69 Å². The summed E-state index contributed by atoms with van der Waals surface area (Å²) in [6, 6.07) is 7.08. The Balaban J connectivity index is 1.87. The number of morpholine rings is 1. The molecule has 2 saturated heterocycles. The summed E-state index contributed by atoms with van der Waals surface area (Å²) in [6.07, 6.45) is 0. The fourth-order valence-corrected chi connectivity index (χ4v) is 3.36. The zero-order valence-corrected chi connectivity index (χ0v) is 13.6. The van der Waals surface area contributed by atoms with E-state index in [1.807, 2.05) is 11.0 Å². The van der Waals surface area contributed by atoms with Gasteiger partial charge in [0.25, 0.3) is 0 Å². The van der Waals surface area contributed by atoms with Crippen molar-refractivity contribution in [2.75, 3.05) is 45.9 Å². The minimum atomic E-state index is -0.343. The lowest BCUT2D eigenvalue weighted by Gasteiger charge is -2.40. The van der Waals surface area contributed by atoms with Crippen LogP contribution in [0.15, 0.2) is 24.3 Å². The third-order valence-electron chi connectivity index (χ3n) is 4.51. The summed E-state index contributed by atoms with van der Waals surface area (Å²) in [5.41, 5.74) is 0.857. The summed E-state index contributed by atoms with van der Waals surface area (Å²) < 4.78 is 5.36. The molecule has 1 amide bonds. The number of carbonyl (C=O) groups excluding carboxylic acids is 1. The molecule has 6 heteroatoms. The van der Waals surface area contributed by atoms with Crippen LogP contribution >= 0.6 is 0 Å². The van der Waals surface area contributed by atoms with Gasteiger partial charge in [-0.25, -0.2) is 0 Å². The van der Waals surface area contributed by atoms with Crippen LogP contribution in [0.3, 0.4) is 0 Å². The van der Waals surface area contributed by atoms with Crippen molar-refractivity contribution in [2.45, 2.75) is 19.0 Å². The molecule has 126 valence electrons. The highest BCUT2D eigenvalue weighted by molar-refractivity contribution is 5.83. The first kappa shape index (κ1) is 16.2. The molecule has 1 aromatic carbocycles. The van der Waals surface area contributed by atoms with E-state index in [9.17, 15) is 9.90 Å². The molecule has 0 aromatic heterocycles. The zero-order chi connectivity index (χ0) is 16.2. The van der Waals surface area contributed by atoms with E-state index in [-0.39, 0.29) is 17.7 Å². The van der Waals surface area contributed by atoms with Crippen LogP contribution in [-0.4, -0.2) is 72.8 Å². The second-order valence-electron chi connectivity index (χ2n) is 6.29. The molecule has 0 spiro atoms. The van der Waals surface area contributed by atoms with E-state index in [2.05, 4.69) is 17.1 Å². The largest absolute Gasteiger partial charge is 0.508 e. The Hall–Kier alpha value is -1.63. The Morgan fingerprint density at radius 1 is 1.35 bits per heavy atom. The monoisotopic (exact) mass is 319 g/mol. The molecule has 2 atom stereocenters. The Morgan fingerprint density at radius 3 is 2.83 bits per heavy atom. The predicted molar refractivity (Wildman–Crippen MR) is 87.3 cm³/mol. The standard InChI is InChI=1S/C17H25N3O3/c1-13-12-20(6-5-18-13)16(14-3-2-4-15(21)11-14)17(22)19-7-9-23-10-8-19/h2-4,11,13,16,18,21H,5-10,12H2,1H3. The van der Waals surface area contributed by atoms with Crippen LogP contribution in [0.4, 0.5) is 0 Å². The minimum absolute atomic E-state index is 0.105. The summed E-state index contributed by atoms with van der Waals surface area (Å²) in [6.45, 7) is 7.09. The van der Waals surface area contributed by atoms with Crippen molar-refractivity contribution < 1.29 is 14.6 Å². The number of phenolic OH excluding ortho intramolecular Hbond substituents is 1. The van der Waals surface area contributed by atoms with Crippen LogP contribution in [0.5, 0.6) is 5.75 Å². The normalized spacial score (nSPS) is 24.4. The number of ether oxygens (including phenoxy) is 1. The van der Waals surface area contributed by atoms with E-state index < -0.39 is 0 Å². The van der Waals surface area contributed by atoms with E-state index in [0.717, 1.165) is 25.2 Å². The highest BCUT2D eigenvalue weighted by Gasteiger charge is 2.34. The second kappa shape index (κ2) is 7.29. The van der Waals surface area contributed by atoms with Crippen LogP contribution in [0.2, 0.25) is 0 Å². The van der Waals surface area contributed by atoms with Crippen LogP contribution in [0, 0.1) is 0 Å².